The molecule has 1 aliphatic rings. The summed E-state index contributed by atoms with van der Waals surface area (Å²) in [4.78, 5) is 13.8. The van der Waals surface area contributed by atoms with Crippen LogP contribution < -0.4 is 5.73 Å². The molecule has 2 N–H and O–H groups in total. The van der Waals surface area contributed by atoms with Crippen LogP contribution in [0, 0.1) is 5.82 Å². The number of hydrogen-bond acceptors (Lipinski definition) is 2. The first-order valence-corrected chi connectivity index (χ1v) is 5.95. The second kappa shape index (κ2) is 6.36. The number of nitrogens with zero attached hydrogens (tertiary/aromatic N) is 1. The molecule has 3 nitrogen and oxygen atoms in total. The van der Waals surface area contributed by atoms with Gasteiger partial charge in [0, 0.05) is 19.1 Å². The van der Waals surface area contributed by atoms with E-state index in [1.165, 1.54) is 12.1 Å². The summed E-state index contributed by atoms with van der Waals surface area (Å²) >= 11 is 5.86. The van der Waals surface area contributed by atoms with E-state index in [0.29, 0.717) is 18.7 Å². The van der Waals surface area contributed by atoms with Crippen molar-refractivity contribution in [2.24, 2.45) is 5.73 Å². The van der Waals surface area contributed by atoms with Gasteiger partial charge < -0.3 is 10.6 Å². The quantitative estimate of drug-likeness (QED) is 0.864. The van der Waals surface area contributed by atoms with Gasteiger partial charge in [-0.25, -0.2) is 4.39 Å². The topological polar surface area (TPSA) is 46.3 Å². The zero-order valence-electron chi connectivity index (χ0n) is 9.73. The van der Waals surface area contributed by atoms with Crippen LogP contribution in [0.4, 0.5) is 4.39 Å². The smallest absolute Gasteiger partial charge is 0.255 e. The minimum Gasteiger partial charge on any atom is -0.338 e. The summed E-state index contributed by atoms with van der Waals surface area (Å²) in [6.45, 7) is 1.27. The highest BCUT2D eigenvalue weighted by Gasteiger charge is 2.23. The molecule has 2 rings (SSSR count). The highest BCUT2D eigenvalue weighted by atomic mass is 35.5. The molecule has 0 radical (unpaired) electrons. The van der Waals surface area contributed by atoms with Crippen molar-refractivity contribution in [1.82, 2.24) is 4.90 Å². The van der Waals surface area contributed by atoms with E-state index in [4.69, 9.17) is 17.3 Å². The number of benzene rings is 1. The molecule has 1 aliphatic heterocycles. The van der Waals surface area contributed by atoms with E-state index >= 15 is 0 Å². The molecule has 1 aromatic rings. The lowest BCUT2D eigenvalue weighted by atomic mass is 10.0. The Hall–Kier alpha value is -0.840. The second-order valence-corrected chi connectivity index (χ2v) is 4.66. The van der Waals surface area contributed by atoms with Gasteiger partial charge in [0.2, 0.25) is 0 Å². The van der Waals surface area contributed by atoms with Crippen molar-refractivity contribution < 1.29 is 9.18 Å². The molecule has 0 atom stereocenters. The first-order chi connectivity index (χ1) is 8.08. The number of rotatable bonds is 1. The van der Waals surface area contributed by atoms with Crippen LogP contribution in [0.3, 0.4) is 0 Å². The lowest BCUT2D eigenvalue weighted by Gasteiger charge is -2.30. The third-order valence-electron chi connectivity index (χ3n) is 2.99. The maximum Gasteiger partial charge on any atom is 0.255 e. The molecule has 0 spiro atoms. The maximum atomic E-state index is 12.9. The van der Waals surface area contributed by atoms with Gasteiger partial charge in [-0.3, -0.25) is 4.79 Å². The minimum absolute atomic E-state index is 0. The molecule has 1 aromatic carbocycles. The third-order valence-corrected chi connectivity index (χ3v) is 3.30. The van der Waals surface area contributed by atoms with E-state index < -0.39 is 5.82 Å². The second-order valence-electron chi connectivity index (χ2n) is 4.25. The predicted molar refractivity (Wildman–Crippen MR) is 71.8 cm³/mol. The average molecular weight is 293 g/mol. The first kappa shape index (κ1) is 15.2. The lowest BCUT2D eigenvalue weighted by molar-refractivity contribution is 0.0715. The van der Waals surface area contributed by atoms with Gasteiger partial charge in [0.15, 0.2) is 0 Å². The highest BCUT2D eigenvalue weighted by molar-refractivity contribution is 6.33. The normalized spacial score (nSPS) is 16.3. The Kier molecular flexibility index (Phi) is 5.38. The standard InChI is InChI=1S/C12H14ClFN2O.ClH/c13-11-7-8(14)1-2-10(11)12(17)16-5-3-9(15)4-6-16;/h1-2,7,9H,3-6,15H2;1H. The van der Waals surface area contributed by atoms with E-state index in [0.717, 1.165) is 18.9 Å². The number of likely N-dealkylation sites (tertiary alicyclic amines) is 1. The summed E-state index contributed by atoms with van der Waals surface area (Å²) < 4.78 is 12.9. The fourth-order valence-electron chi connectivity index (χ4n) is 1.94. The van der Waals surface area contributed by atoms with Crippen LogP contribution in [-0.4, -0.2) is 29.9 Å². The third kappa shape index (κ3) is 3.34. The van der Waals surface area contributed by atoms with Gasteiger partial charge in [-0.1, -0.05) is 11.6 Å². The number of carbonyl (C=O) groups is 1. The molecule has 1 heterocycles. The molecular weight excluding hydrogens is 278 g/mol. The Balaban J connectivity index is 0.00000162. The highest BCUT2D eigenvalue weighted by Crippen LogP contribution is 2.20. The average Bonchev–Trinajstić information content (AvgIpc) is 2.29. The fourth-order valence-corrected chi connectivity index (χ4v) is 2.18. The van der Waals surface area contributed by atoms with Crippen molar-refractivity contribution in [2.45, 2.75) is 18.9 Å². The molecule has 0 saturated carbocycles. The van der Waals surface area contributed by atoms with Gasteiger partial charge in [-0.2, -0.15) is 0 Å². The number of piperidine rings is 1. The maximum absolute atomic E-state index is 12.9. The van der Waals surface area contributed by atoms with Crippen molar-refractivity contribution in [3.8, 4) is 0 Å². The Labute approximate surface area is 116 Å². The summed E-state index contributed by atoms with van der Waals surface area (Å²) in [6, 6.07) is 4.00. The molecule has 0 bridgehead atoms. The fraction of sp³-hybridized carbons (Fsp3) is 0.417. The molecule has 1 fully saturated rings. The molecule has 100 valence electrons. The zero-order chi connectivity index (χ0) is 12.4. The van der Waals surface area contributed by atoms with E-state index in [2.05, 4.69) is 0 Å². The minimum atomic E-state index is -0.438. The van der Waals surface area contributed by atoms with Gasteiger partial charge in [0.1, 0.15) is 5.82 Å². The van der Waals surface area contributed by atoms with Crippen molar-refractivity contribution in [2.75, 3.05) is 13.1 Å². The molecule has 6 heteroatoms. The SMILES string of the molecule is Cl.NC1CCN(C(=O)c2ccc(F)cc2Cl)CC1. The molecule has 0 aromatic heterocycles. The molecule has 0 aliphatic carbocycles. The van der Waals surface area contributed by atoms with Crippen LogP contribution in [-0.2, 0) is 0 Å². The summed E-state index contributed by atoms with van der Waals surface area (Å²) in [5.74, 6) is -0.589. The van der Waals surface area contributed by atoms with Crippen LogP contribution in [0.15, 0.2) is 18.2 Å². The van der Waals surface area contributed by atoms with Crippen molar-refractivity contribution in [3.63, 3.8) is 0 Å². The monoisotopic (exact) mass is 292 g/mol. The molecule has 1 saturated heterocycles. The number of halogens is 3. The Morgan fingerprint density at radius 2 is 2.00 bits per heavy atom. The van der Waals surface area contributed by atoms with Crippen LogP contribution in [0.2, 0.25) is 5.02 Å². The van der Waals surface area contributed by atoms with Crippen LogP contribution in [0.1, 0.15) is 23.2 Å². The lowest BCUT2D eigenvalue weighted by Crippen LogP contribution is -2.42. The van der Waals surface area contributed by atoms with Gasteiger partial charge in [-0.05, 0) is 31.0 Å². The van der Waals surface area contributed by atoms with E-state index in [9.17, 15) is 9.18 Å². The summed E-state index contributed by atoms with van der Waals surface area (Å²) in [6.07, 6.45) is 1.59. The Morgan fingerprint density at radius 1 is 1.39 bits per heavy atom. The summed E-state index contributed by atoms with van der Waals surface area (Å²) in [5, 5.41) is 0.157. The van der Waals surface area contributed by atoms with Gasteiger partial charge in [-0.15, -0.1) is 12.4 Å². The van der Waals surface area contributed by atoms with Crippen molar-refractivity contribution >= 4 is 29.9 Å². The largest absolute Gasteiger partial charge is 0.338 e. The van der Waals surface area contributed by atoms with Gasteiger partial charge in [0.05, 0.1) is 10.6 Å². The predicted octanol–water partition coefficient (Wildman–Crippen LogP) is 2.46. The Morgan fingerprint density at radius 3 is 2.56 bits per heavy atom. The molecular formula is C12H15Cl2FN2O. The number of carbonyl (C=O) groups excluding carboxylic acids is 1. The van der Waals surface area contributed by atoms with E-state index in [1.807, 2.05) is 0 Å². The first-order valence-electron chi connectivity index (χ1n) is 5.58. The van der Waals surface area contributed by atoms with Crippen LogP contribution in [0.25, 0.3) is 0 Å². The number of nitrogens with two attached hydrogens (primary N) is 1. The van der Waals surface area contributed by atoms with E-state index in [1.54, 1.807) is 4.90 Å². The number of hydrogen-bond donors (Lipinski definition) is 1. The Bertz CT molecular complexity index is 434. The van der Waals surface area contributed by atoms with Crippen LogP contribution in [0.5, 0.6) is 0 Å². The summed E-state index contributed by atoms with van der Waals surface area (Å²) in [7, 11) is 0. The van der Waals surface area contributed by atoms with Crippen LogP contribution >= 0.6 is 24.0 Å². The molecule has 0 unspecified atom stereocenters. The van der Waals surface area contributed by atoms with Crippen molar-refractivity contribution in [3.05, 3.63) is 34.6 Å². The number of amides is 1. The molecule has 1 amide bonds. The van der Waals surface area contributed by atoms with Crippen molar-refractivity contribution in [1.29, 1.82) is 0 Å². The van der Waals surface area contributed by atoms with Gasteiger partial charge in [0.25, 0.3) is 5.91 Å². The van der Waals surface area contributed by atoms with Gasteiger partial charge >= 0.3 is 0 Å². The molecule has 18 heavy (non-hydrogen) atoms. The van der Waals surface area contributed by atoms with E-state index in [-0.39, 0.29) is 29.4 Å². The summed E-state index contributed by atoms with van der Waals surface area (Å²) in [5.41, 5.74) is 6.12. The zero-order valence-corrected chi connectivity index (χ0v) is 11.3.